The fraction of sp³-hybridized carbons (Fsp3) is 0.333. The minimum atomic E-state index is 0.272. The van der Waals surface area contributed by atoms with E-state index in [2.05, 4.69) is 4.98 Å². The molecule has 0 N–H and O–H groups in total. The standard InChI is InChI=1S/C12H11ClN2O/c13-10-3-1-2-4-15-11(10)7-14-12(15)8-5-9(16)6-8/h2-4,7-8H,1,5-6H2. The van der Waals surface area contributed by atoms with Crippen molar-refractivity contribution in [3.63, 3.8) is 0 Å². The van der Waals surface area contributed by atoms with E-state index in [-0.39, 0.29) is 5.92 Å². The molecule has 1 fully saturated rings. The molecule has 1 aromatic heterocycles. The highest BCUT2D eigenvalue weighted by Gasteiger charge is 2.32. The molecule has 2 heterocycles. The summed E-state index contributed by atoms with van der Waals surface area (Å²) in [6.45, 7) is 0. The maximum absolute atomic E-state index is 11.0. The average Bonchev–Trinajstić information content (AvgIpc) is 2.54. The van der Waals surface area contributed by atoms with Crippen molar-refractivity contribution in [2.75, 3.05) is 0 Å². The lowest BCUT2D eigenvalue weighted by molar-refractivity contribution is -0.124. The first-order valence-corrected chi connectivity index (χ1v) is 5.75. The van der Waals surface area contributed by atoms with Crippen LogP contribution in [0.15, 0.2) is 18.3 Å². The molecule has 0 saturated heterocycles. The van der Waals surface area contributed by atoms with Crippen LogP contribution < -0.4 is 0 Å². The van der Waals surface area contributed by atoms with E-state index >= 15 is 0 Å². The highest BCUT2D eigenvalue weighted by molar-refractivity contribution is 6.48. The number of carbonyl (C=O) groups is 1. The molecule has 2 aliphatic rings. The SMILES string of the molecule is O=C1CC(c2ncc3n2C=CCC=C3Cl)C1. The van der Waals surface area contributed by atoms with Crippen molar-refractivity contribution in [2.45, 2.75) is 25.2 Å². The Bertz CT molecular complexity index is 505. The van der Waals surface area contributed by atoms with Crippen LogP contribution in [0.2, 0.25) is 0 Å². The van der Waals surface area contributed by atoms with Gasteiger partial charge in [0, 0.05) is 25.0 Å². The molecule has 0 atom stereocenters. The maximum atomic E-state index is 11.0. The lowest BCUT2D eigenvalue weighted by atomic mass is 9.83. The van der Waals surface area contributed by atoms with Crippen LogP contribution in [0.5, 0.6) is 0 Å². The molecule has 0 radical (unpaired) electrons. The lowest BCUT2D eigenvalue weighted by Crippen LogP contribution is -2.23. The molecule has 0 bridgehead atoms. The minimum Gasteiger partial charge on any atom is -0.302 e. The third-order valence-corrected chi connectivity index (χ3v) is 3.42. The summed E-state index contributed by atoms with van der Waals surface area (Å²) < 4.78 is 2.00. The van der Waals surface area contributed by atoms with Crippen molar-refractivity contribution < 1.29 is 4.79 Å². The topological polar surface area (TPSA) is 34.9 Å². The fourth-order valence-electron chi connectivity index (χ4n) is 2.13. The number of rotatable bonds is 1. The number of imidazole rings is 1. The zero-order valence-corrected chi connectivity index (χ0v) is 9.44. The molecule has 0 unspecified atom stereocenters. The highest BCUT2D eigenvalue weighted by Crippen LogP contribution is 2.35. The van der Waals surface area contributed by atoms with Gasteiger partial charge in [0.15, 0.2) is 0 Å². The van der Waals surface area contributed by atoms with E-state index in [1.54, 1.807) is 6.20 Å². The quantitative estimate of drug-likeness (QED) is 0.749. The second kappa shape index (κ2) is 3.59. The van der Waals surface area contributed by atoms with Gasteiger partial charge in [-0.2, -0.15) is 0 Å². The molecule has 0 amide bonds. The van der Waals surface area contributed by atoms with Crippen molar-refractivity contribution in [1.82, 2.24) is 9.55 Å². The number of halogens is 1. The first-order chi connectivity index (χ1) is 7.75. The van der Waals surface area contributed by atoms with E-state index in [4.69, 9.17) is 11.6 Å². The van der Waals surface area contributed by atoms with Gasteiger partial charge in [-0.15, -0.1) is 0 Å². The van der Waals surface area contributed by atoms with E-state index in [1.165, 1.54) is 0 Å². The number of nitrogens with zero attached hydrogens (tertiary/aromatic N) is 2. The van der Waals surface area contributed by atoms with Gasteiger partial charge in [0.2, 0.25) is 0 Å². The Morgan fingerprint density at radius 3 is 3.00 bits per heavy atom. The summed E-state index contributed by atoms with van der Waals surface area (Å²) >= 11 is 6.15. The Morgan fingerprint density at radius 2 is 2.25 bits per heavy atom. The average molecular weight is 235 g/mol. The first kappa shape index (κ1) is 9.85. The molecule has 1 aliphatic carbocycles. The minimum absolute atomic E-state index is 0.272. The summed E-state index contributed by atoms with van der Waals surface area (Å²) in [5.41, 5.74) is 0.921. The van der Waals surface area contributed by atoms with Crippen molar-refractivity contribution >= 4 is 28.6 Å². The number of Topliss-reactive ketones (excluding diaryl/α,β-unsaturated/α-hetero) is 1. The Labute approximate surface area is 98.4 Å². The van der Waals surface area contributed by atoms with Crippen LogP contribution in [0.3, 0.4) is 0 Å². The number of ketones is 1. The van der Waals surface area contributed by atoms with Crippen LogP contribution in [-0.2, 0) is 4.79 Å². The number of allylic oxidation sites excluding steroid dienone is 2. The van der Waals surface area contributed by atoms with Crippen LogP contribution in [0.4, 0.5) is 0 Å². The van der Waals surface area contributed by atoms with Crippen molar-refractivity contribution in [3.05, 3.63) is 29.9 Å². The van der Waals surface area contributed by atoms with Gasteiger partial charge in [-0.05, 0) is 6.42 Å². The van der Waals surface area contributed by atoms with Crippen LogP contribution in [0.25, 0.3) is 11.2 Å². The number of hydrogen-bond acceptors (Lipinski definition) is 2. The summed E-state index contributed by atoms with van der Waals surface area (Å²) in [5, 5.41) is 0.731. The third-order valence-electron chi connectivity index (χ3n) is 3.07. The van der Waals surface area contributed by atoms with Gasteiger partial charge in [0.1, 0.15) is 11.6 Å². The number of fused-ring (bicyclic) bond motifs is 1. The molecule has 0 spiro atoms. The van der Waals surface area contributed by atoms with Gasteiger partial charge in [-0.3, -0.25) is 4.79 Å². The van der Waals surface area contributed by atoms with Crippen molar-refractivity contribution in [3.8, 4) is 0 Å². The van der Waals surface area contributed by atoms with Crippen LogP contribution >= 0.6 is 11.6 Å². The second-order valence-electron chi connectivity index (χ2n) is 4.19. The van der Waals surface area contributed by atoms with Gasteiger partial charge in [-0.25, -0.2) is 4.98 Å². The second-order valence-corrected chi connectivity index (χ2v) is 4.60. The summed E-state index contributed by atoms with van der Waals surface area (Å²) in [6, 6.07) is 0. The van der Waals surface area contributed by atoms with E-state index in [0.29, 0.717) is 18.6 Å². The van der Waals surface area contributed by atoms with Gasteiger partial charge < -0.3 is 4.57 Å². The molecule has 3 rings (SSSR count). The van der Waals surface area contributed by atoms with Crippen LogP contribution in [0.1, 0.15) is 36.7 Å². The molecular formula is C12H11ClN2O. The smallest absolute Gasteiger partial charge is 0.134 e. The Kier molecular flexibility index (Phi) is 2.21. The summed E-state index contributed by atoms with van der Waals surface area (Å²) in [5.74, 6) is 1.55. The van der Waals surface area contributed by atoms with Gasteiger partial charge in [-0.1, -0.05) is 23.8 Å². The monoisotopic (exact) mass is 234 g/mol. The number of aromatic nitrogens is 2. The van der Waals surface area contributed by atoms with Crippen LogP contribution in [-0.4, -0.2) is 15.3 Å². The largest absolute Gasteiger partial charge is 0.302 e. The van der Waals surface area contributed by atoms with E-state index in [9.17, 15) is 4.79 Å². The fourth-order valence-corrected chi connectivity index (χ4v) is 2.35. The summed E-state index contributed by atoms with van der Waals surface area (Å²) in [4.78, 5) is 15.4. The Balaban J connectivity index is 2.03. The highest BCUT2D eigenvalue weighted by atomic mass is 35.5. The molecule has 0 aromatic carbocycles. The van der Waals surface area contributed by atoms with Gasteiger partial charge in [0.05, 0.1) is 16.9 Å². The van der Waals surface area contributed by atoms with Crippen LogP contribution in [0, 0.1) is 0 Å². The van der Waals surface area contributed by atoms with Gasteiger partial charge >= 0.3 is 0 Å². The Hall–Kier alpha value is -1.35. The molecular weight excluding hydrogens is 224 g/mol. The zero-order chi connectivity index (χ0) is 11.1. The summed E-state index contributed by atoms with van der Waals surface area (Å²) in [6.07, 6.45) is 9.86. The predicted octanol–water partition coefficient (Wildman–Crippen LogP) is 2.78. The molecule has 1 aromatic rings. The van der Waals surface area contributed by atoms with Gasteiger partial charge in [0.25, 0.3) is 0 Å². The molecule has 3 nitrogen and oxygen atoms in total. The van der Waals surface area contributed by atoms with Crippen molar-refractivity contribution in [1.29, 1.82) is 0 Å². The first-order valence-electron chi connectivity index (χ1n) is 5.37. The molecule has 16 heavy (non-hydrogen) atoms. The zero-order valence-electron chi connectivity index (χ0n) is 8.69. The molecule has 82 valence electrons. The molecule has 4 heteroatoms. The van der Waals surface area contributed by atoms with Crippen molar-refractivity contribution in [2.24, 2.45) is 0 Å². The Morgan fingerprint density at radius 1 is 1.44 bits per heavy atom. The molecule has 1 aliphatic heterocycles. The maximum Gasteiger partial charge on any atom is 0.134 e. The predicted molar refractivity (Wildman–Crippen MR) is 63.0 cm³/mol. The number of carbonyl (C=O) groups excluding carboxylic acids is 1. The van der Waals surface area contributed by atoms with E-state index < -0.39 is 0 Å². The van der Waals surface area contributed by atoms with E-state index in [0.717, 1.165) is 23.0 Å². The lowest BCUT2D eigenvalue weighted by Gasteiger charge is -2.23. The molecule has 1 saturated carbocycles. The third kappa shape index (κ3) is 1.43. The summed E-state index contributed by atoms with van der Waals surface area (Å²) in [7, 11) is 0. The van der Waals surface area contributed by atoms with E-state index in [1.807, 2.05) is 22.9 Å². The normalized spacial score (nSPS) is 20.1. The number of hydrogen-bond donors (Lipinski definition) is 0.